The molecular weight excluding hydrogens is 208 g/mol. The van der Waals surface area contributed by atoms with E-state index < -0.39 is 4.92 Å². The SMILES string of the molecule is O=[N+]([O-])c1cccc(NCCO)c1Cl. The number of nitro groups is 1. The van der Waals surface area contributed by atoms with Crippen LogP contribution in [-0.4, -0.2) is 23.2 Å². The number of aliphatic hydroxyl groups excluding tert-OH is 1. The lowest BCUT2D eigenvalue weighted by Gasteiger charge is -2.05. The van der Waals surface area contributed by atoms with Gasteiger partial charge in [-0.1, -0.05) is 17.7 Å². The van der Waals surface area contributed by atoms with Crippen molar-refractivity contribution >= 4 is 23.0 Å². The average molecular weight is 217 g/mol. The minimum absolute atomic E-state index is 0.0565. The first-order chi connectivity index (χ1) is 6.66. The van der Waals surface area contributed by atoms with Crippen molar-refractivity contribution in [2.45, 2.75) is 0 Å². The van der Waals surface area contributed by atoms with Crippen LogP contribution in [0.5, 0.6) is 0 Å². The number of hydrogen-bond donors (Lipinski definition) is 2. The largest absolute Gasteiger partial charge is 0.395 e. The zero-order chi connectivity index (χ0) is 10.6. The molecule has 0 amide bonds. The molecule has 0 radical (unpaired) electrons. The summed E-state index contributed by atoms with van der Waals surface area (Å²) in [6.07, 6.45) is 0. The molecule has 1 rings (SSSR count). The summed E-state index contributed by atoms with van der Waals surface area (Å²) in [6, 6.07) is 4.47. The van der Waals surface area contributed by atoms with Gasteiger partial charge in [-0.15, -0.1) is 0 Å². The molecule has 6 heteroatoms. The van der Waals surface area contributed by atoms with E-state index in [0.29, 0.717) is 12.2 Å². The molecule has 0 saturated heterocycles. The maximum Gasteiger partial charge on any atom is 0.289 e. The molecule has 0 atom stereocenters. The summed E-state index contributed by atoms with van der Waals surface area (Å²) in [5.74, 6) is 0. The highest BCUT2D eigenvalue weighted by atomic mass is 35.5. The number of rotatable bonds is 4. The Balaban J connectivity index is 2.95. The fourth-order valence-electron chi connectivity index (χ4n) is 0.988. The number of nitro benzene ring substituents is 1. The second-order valence-corrected chi connectivity index (χ2v) is 2.92. The van der Waals surface area contributed by atoms with Crippen molar-refractivity contribution < 1.29 is 10.0 Å². The van der Waals surface area contributed by atoms with E-state index in [1.807, 2.05) is 0 Å². The molecule has 14 heavy (non-hydrogen) atoms. The van der Waals surface area contributed by atoms with E-state index in [4.69, 9.17) is 16.7 Å². The normalized spacial score (nSPS) is 9.86. The number of nitrogens with one attached hydrogen (secondary N) is 1. The zero-order valence-corrected chi connectivity index (χ0v) is 7.99. The molecule has 0 aromatic heterocycles. The van der Waals surface area contributed by atoms with E-state index in [1.165, 1.54) is 12.1 Å². The van der Waals surface area contributed by atoms with Gasteiger partial charge in [-0.3, -0.25) is 10.1 Å². The minimum Gasteiger partial charge on any atom is -0.395 e. The second kappa shape index (κ2) is 4.78. The number of benzene rings is 1. The van der Waals surface area contributed by atoms with Crippen LogP contribution in [0.4, 0.5) is 11.4 Å². The number of nitrogens with zero attached hydrogens (tertiary/aromatic N) is 1. The van der Waals surface area contributed by atoms with Gasteiger partial charge in [0.25, 0.3) is 5.69 Å². The predicted molar refractivity (Wildman–Crippen MR) is 53.7 cm³/mol. The molecule has 0 unspecified atom stereocenters. The maximum absolute atomic E-state index is 10.5. The van der Waals surface area contributed by atoms with E-state index in [1.54, 1.807) is 6.07 Å². The van der Waals surface area contributed by atoms with Crippen LogP contribution in [0.1, 0.15) is 0 Å². The highest BCUT2D eigenvalue weighted by Crippen LogP contribution is 2.31. The van der Waals surface area contributed by atoms with E-state index in [0.717, 1.165) is 0 Å². The van der Waals surface area contributed by atoms with Crippen LogP contribution < -0.4 is 5.32 Å². The number of anilines is 1. The van der Waals surface area contributed by atoms with Crippen LogP contribution in [0.2, 0.25) is 5.02 Å². The van der Waals surface area contributed by atoms with Gasteiger partial charge in [0.05, 0.1) is 17.2 Å². The Bertz CT molecular complexity index is 343. The highest BCUT2D eigenvalue weighted by molar-refractivity contribution is 6.35. The monoisotopic (exact) mass is 216 g/mol. The van der Waals surface area contributed by atoms with E-state index in [9.17, 15) is 10.1 Å². The average Bonchev–Trinajstić information content (AvgIpc) is 2.16. The Labute approximate surface area is 85.5 Å². The van der Waals surface area contributed by atoms with Gasteiger partial charge in [-0.05, 0) is 6.07 Å². The Morgan fingerprint density at radius 2 is 2.29 bits per heavy atom. The number of hydrogen-bond acceptors (Lipinski definition) is 4. The standard InChI is InChI=1S/C8H9ClN2O3/c9-8-6(10-4-5-12)2-1-3-7(8)11(13)14/h1-3,10,12H,4-5H2. The predicted octanol–water partition coefficient (Wildman–Crippen LogP) is 1.65. The third-order valence-corrected chi connectivity index (χ3v) is 2.00. The Morgan fingerprint density at radius 3 is 2.86 bits per heavy atom. The van der Waals surface area contributed by atoms with Crippen molar-refractivity contribution in [2.75, 3.05) is 18.5 Å². The fraction of sp³-hybridized carbons (Fsp3) is 0.250. The van der Waals surface area contributed by atoms with Gasteiger partial charge in [-0.2, -0.15) is 0 Å². The fourth-order valence-corrected chi connectivity index (χ4v) is 1.25. The molecule has 0 aliphatic heterocycles. The Kier molecular flexibility index (Phi) is 3.67. The lowest BCUT2D eigenvalue weighted by atomic mass is 10.3. The first kappa shape index (κ1) is 10.7. The van der Waals surface area contributed by atoms with Crippen molar-refractivity contribution in [3.8, 4) is 0 Å². The zero-order valence-electron chi connectivity index (χ0n) is 7.24. The quantitative estimate of drug-likeness (QED) is 0.593. The molecule has 1 aromatic carbocycles. The topological polar surface area (TPSA) is 75.4 Å². The minimum atomic E-state index is -0.549. The Morgan fingerprint density at radius 1 is 1.57 bits per heavy atom. The lowest BCUT2D eigenvalue weighted by molar-refractivity contribution is -0.384. The summed E-state index contributed by atoms with van der Waals surface area (Å²) in [7, 11) is 0. The molecule has 1 aromatic rings. The molecule has 0 spiro atoms. The molecule has 2 N–H and O–H groups in total. The van der Waals surface area contributed by atoms with Gasteiger partial charge in [0.1, 0.15) is 5.02 Å². The first-order valence-electron chi connectivity index (χ1n) is 3.94. The van der Waals surface area contributed by atoms with Gasteiger partial charge in [0, 0.05) is 12.6 Å². The third kappa shape index (κ3) is 2.34. The summed E-state index contributed by atoms with van der Waals surface area (Å²) in [4.78, 5) is 9.94. The van der Waals surface area contributed by atoms with Gasteiger partial charge in [-0.25, -0.2) is 0 Å². The smallest absolute Gasteiger partial charge is 0.289 e. The molecule has 0 heterocycles. The Hall–Kier alpha value is -1.33. The maximum atomic E-state index is 10.5. The molecule has 0 bridgehead atoms. The third-order valence-electron chi connectivity index (χ3n) is 1.60. The van der Waals surface area contributed by atoms with Gasteiger partial charge < -0.3 is 10.4 Å². The van der Waals surface area contributed by atoms with Crippen LogP contribution >= 0.6 is 11.6 Å². The van der Waals surface area contributed by atoms with E-state index in [-0.39, 0.29) is 17.3 Å². The van der Waals surface area contributed by atoms with E-state index >= 15 is 0 Å². The van der Waals surface area contributed by atoms with Gasteiger partial charge in [0.15, 0.2) is 0 Å². The summed E-state index contributed by atoms with van der Waals surface area (Å²) in [5, 5.41) is 21.9. The van der Waals surface area contributed by atoms with Gasteiger partial charge >= 0.3 is 0 Å². The molecule has 0 fully saturated rings. The van der Waals surface area contributed by atoms with Crippen LogP contribution in [0.25, 0.3) is 0 Å². The number of halogens is 1. The molecule has 0 aliphatic rings. The van der Waals surface area contributed by atoms with Crippen molar-refractivity contribution in [3.05, 3.63) is 33.3 Å². The highest BCUT2D eigenvalue weighted by Gasteiger charge is 2.14. The van der Waals surface area contributed by atoms with Crippen LogP contribution in [0.15, 0.2) is 18.2 Å². The van der Waals surface area contributed by atoms with Gasteiger partial charge in [0.2, 0.25) is 0 Å². The van der Waals surface area contributed by atoms with E-state index in [2.05, 4.69) is 5.32 Å². The van der Waals surface area contributed by atoms with Crippen molar-refractivity contribution in [1.29, 1.82) is 0 Å². The summed E-state index contributed by atoms with van der Waals surface area (Å²) in [5.41, 5.74) is 0.310. The first-order valence-corrected chi connectivity index (χ1v) is 4.32. The second-order valence-electron chi connectivity index (χ2n) is 2.55. The van der Waals surface area contributed by atoms with Crippen molar-refractivity contribution in [3.63, 3.8) is 0 Å². The van der Waals surface area contributed by atoms with Crippen LogP contribution in [-0.2, 0) is 0 Å². The molecule has 0 saturated carbocycles. The molecule has 0 aliphatic carbocycles. The molecular formula is C8H9ClN2O3. The lowest BCUT2D eigenvalue weighted by Crippen LogP contribution is -2.06. The van der Waals surface area contributed by atoms with Crippen molar-refractivity contribution in [1.82, 2.24) is 0 Å². The molecule has 76 valence electrons. The molecule has 5 nitrogen and oxygen atoms in total. The summed E-state index contributed by atoms with van der Waals surface area (Å²) >= 11 is 5.75. The van der Waals surface area contributed by atoms with Crippen molar-refractivity contribution in [2.24, 2.45) is 0 Å². The number of aliphatic hydroxyl groups is 1. The van der Waals surface area contributed by atoms with Crippen LogP contribution in [0.3, 0.4) is 0 Å². The van der Waals surface area contributed by atoms with Crippen LogP contribution in [0, 0.1) is 10.1 Å². The summed E-state index contributed by atoms with van der Waals surface area (Å²) < 4.78 is 0. The summed E-state index contributed by atoms with van der Waals surface area (Å²) in [6.45, 7) is 0.250.